The molecule has 0 aliphatic heterocycles. The Bertz CT molecular complexity index is 4430. The number of ether oxygens (including phenoxy) is 1. The molecule has 4 aromatic rings. The lowest BCUT2D eigenvalue weighted by atomic mass is 9.48. The summed E-state index contributed by atoms with van der Waals surface area (Å²) in [5, 5.41) is 45.8. The van der Waals surface area contributed by atoms with E-state index in [0.29, 0.717) is 93.9 Å². The van der Waals surface area contributed by atoms with E-state index >= 15 is 0 Å². The van der Waals surface area contributed by atoms with Crippen molar-refractivity contribution in [3.63, 3.8) is 0 Å². The van der Waals surface area contributed by atoms with E-state index in [2.05, 4.69) is 134 Å². The van der Waals surface area contributed by atoms with Crippen molar-refractivity contribution < 1.29 is 33.9 Å². The van der Waals surface area contributed by atoms with Gasteiger partial charge in [-0.2, -0.15) is 0 Å². The predicted octanol–water partition coefficient (Wildman–Crippen LogP) is 22.3. The fourth-order valence-corrected chi connectivity index (χ4v) is 34.8. The number of aliphatic hydroxyl groups is 4. The molecule has 0 aromatic carbocycles. The first kappa shape index (κ1) is 87.6. The van der Waals surface area contributed by atoms with E-state index in [1.165, 1.54) is 189 Å². The predicted molar refractivity (Wildman–Crippen MR) is 480 cm³/mol. The first-order valence-electron chi connectivity index (χ1n) is 49.5. The Balaban J connectivity index is 0.000000111. The zero-order chi connectivity index (χ0) is 84.9. The van der Waals surface area contributed by atoms with Crippen molar-refractivity contribution in [2.24, 2.45) is 170 Å². The van der Waals surface area contributed by atoms with Crippen molar-refractivity contribution in [1.82, 2.24) is 38.2 Å². The third-order valence-corrected chi connectivity index (χ3v) is 40.2. The van der Waals surface area contributed by atoms with Gasteiger partial charge in [0.25, 0.3) is 6.43 Å². The zero-order valence-electron chi connectivity index (χ0n) is 75.1. The molecule has 21 rings (SSSR count). The van der Waals surface area contributed by atoms with E-state index < -0.39 is 28.8 Å². The minimum absolute atomic E-state index is 0.279. The average molecular weight is 1690 g/mol. The first-order chi connectivity index (χ1) is 58.6. The summed E-state index contributed by atoms with van der Waals surface area (Å²) in [5.74, 6) is 28.0. The monoisotopic (exact) mass is 1690 g/mol. The molecule has 0 bridgehead atoms. The van der Waals surface area contributed by atoms with E-state index in [0.717, 1.165) is 173 Å². The summed E-state index contributed by atoms with van der Waals surface area (Å²) in [6.07, 6.45) is 64.8. The number of aromatic nitrogens is 8. The van der Waals surface area contributed by atoms with Crippen LogP contribution in [0.3, 0.4) is 0 Å². The van der Waals surface area contributed by atoms with Gasteiger partial charge in [-0.3, -0.25) is 0 Å². The molecule has 0 unspecified atom stereocenters. The number of hydrogen-bond acceptors (Lipinski definition) is 9. The largest absolute Gasteiger partial charge is 0.387 e. The highest BCUT2D eigenvalue weighted by molar-refractivity contribution is 6.30. The molecule has 666 valence electrons. The van der Waals surface area contributed by atoms with E-state index in [9.17, 15) is 29.2 Å². The molecule has 17 aliphatic rings. The topological polar surface area (TPSA) is 161 Å². The molecule has 4 heterocycles. The number of fused-ring (bicyclic) bond motifs is 20. The maximum atomic E-state index is 13.4. The molecular formula is C106H151ClF2N8O5. The van der Waals surface area contributed by atoms with Crippen LogP contribution < -0.4 is 0 Å². The van der Waals surface area contributed by atoms with Crippen molar-refractivity contribution in [3.05, 3.63) is 123 Å². The highest BCUT2D eigenvalue weighted by atomic mass is 35.5. The first-order valence-corrected chi connectivity index (χ1v) is 49.9. The van der Waals surface area contributed by atoms with Crippen LogP contribution in [0.5, 0.6) is 0 Å². The number of hydrogen-bond donors (Lipinski definition) is 4. The summed E-state index contributed by atoms with van der Waals surface area (Å²) in [5.41, 5.74) is 3.30. The van der Waals surface area contributed by atoms with E-state index in [1.807, 2.05) is 56.3 Å². The second kappa shape index (κ2) is 35.0. The fraction of sp³-hybridized carbons (Fsp3) is 0.774. The molecule has 0 radical (unpaired) electrons. The normalized spacial score (nSPS) is 45.3. The van der Waals surface area contributed by atoms with Gasteiger partial charge in [-0.15, -0.1) is 0 Å². The van der Waals surface area contributed by atoms with E-state index in [-0.39, 0.29) is 12.3 Å². The molecule has 4 aromatic heterocycles. The zero-order valence-corrected chi connectivity index (χ0v) is 75.8. The molecule has 17 fully saturated rings. The van der Waals surface area contributed by atoms with Gasteiger partial charge in [0.15, 0.2) is 0 Å². The quantitative estimate of drug-likeness (QED) is 0.0671. The Morgan fingerprint density at radius 1 is 0.385 bits per heavy atom. The van der Waals surface area contributed by atoms with Crippen molar-refractivity contribution >= 4 is 11.6 Å². The van der Waals surface area contributed by atoms with E-state index in [1.54, 1.807) is 7.11 Å². The van der Waals surface area contributed by atoms with Crippen LogP contribution in [0.1, 0.15) is 272 Å². The van der Waals surface area contributed by atoms with Crippen LogP contribution in [0.4, 0.5) is 8.78 Å². The maximum absolute atomic E-state index is 13.4. The minimum Gasteiger partial charge on any atom is -0.387 e. The third kappa shape index (κ3) is 16.8. The van der Waals surface area contributed by atoms with Gasteiger partial charge in [0.2, 0.25) is 0 Å². The molecule has 0 amide bonds. The van der Waals surface area contributed by atoms with Gasteiger partial charge in [-0.25, -0.2) is 28.7 Å². The molecule has 4 N–H and O–H groups in total. The van der Waals surface area contributed by atoms with Crippen LogP contribution in [-0.2, 0) is 30.9 Å². The van der Waals surface area contributed by atoms with Gasteiger partial charge in [0.1, 0.15) is 16.8 Å². The van der Waals surface area contributed by atoms with E-state index in [4.69, 9.17) is 16.3 Å². The van der Waals surface area contributed by atoms with Crippen LogP contribution in [0.2, 0.25) is 0 Å². The van der Waals surface area contributed by atoms with Crippen molar-refractivity contribution in [1.29, 1.82) is 0 Å². The summed E-state index contributed by atoms with van der Waals surface area (Å²) < 4.78 is 40.8. The van der Waals surface area contributed by atoms with Crippen LogP contribution in [0, 0.1) is 193 Å². The number of nitrogens with zero attached hydrogens (tertiary/aromatic N) is 8. The smallest absolute Gasteiger partial charge is 0.266 e. The van der Waals surface area contributed by atoms with Crippen molar-refractivity contribution in [3.8, 4) is 23.1 Å². The molecule has 13 nitrogen and oxygen atoms in total. The highest BCUT2D eigenvalue weighted by Gasteiger charge is 2.64. The van der Waals surface area contributed by atoms with Gasteiger partial charge in [0, 0.05) is 94.2 Å². The second-order valence-electron chi connectivity index (χ2n) is 45.9. The number of rotatable bonds is 15. The summed E-state index contributed by atoms with van der Waals surface area (Å²) >= 11 is 5.64. The van der Waals surface area contributed by atoms with Gasteiger partial charge < -0.3 is 43.4 Å². The Hall–Kier alpha value is -5.13. The summed E-state index contributed by atoms with van der Waals surface area (Å²) in [4.78, 5) is 16.8. The van der Waals surface area contributed by atoms with Gasteiger partial charge in [0.05, 0.1) is 37.5 Å². The fourth-order valence-electron chi connectivity index (χ4n) is 34.6. The molecule has 17 saturated carbocycles. The van der Waals surface area contributed by atoms with Crippen LogP contribution in [0.25, 0.3) is 0 Å². The third-order valence-electron chi connectivity index (χ3n) is 40.1. The molecule has 17 aliphatic carbocycles. The molecule has 0 saturated heterocycles. The Morgan fingerprint density at radius 3 is 1.01 bits per heavy atom. The Kier molecular flexibility index (Phi) is 25.2. The minimum atomic E-state index is -2.61. The van der Waals surface area contributed by atoms with Crippen LogP contribution >= 0.6 is 11.6 Å². The van der Waals surface area contributed by atoms with Gasteiger partial charge >= 0.3 is 0 Å². The van der Waals surface area contributed by atoms with Gasteiger partial charge in [-0.1, -0.05) is 94.1 Å². The lowest BCUT2D eigenvalue weighted by Gasteiger charge is -2.57. The van der Waals surface area contributed by atoms with Crippen molar-refractivity contribution in [2.45, 2.75) is 327 Å². The van der Waals surface area contributed by atoms with Crippen LogP contribution in [-0.4, -0.2) is 101 Å². The number of imidazole rings is 4. The molecule has 32 atom stereocenters. The maximum Gasteiger partial charge on any atom is 0.266 e. The molecular weight excluding hydrogens is 1540 g/mol. The number of halogens is 3. The molecule has 122 heavy (non-hydrogen) atoms. The lowest BCUT2D eigenvalue weighted by Crippen LogP contribution is -2.52. The summed E-state index contributed by atoms with van der Waals surface area (Å²) in [6.45, 7) is 32.6. The summed E-state index contributed by atoms with van der Waals surface area (Å²) in [6, 6.07) is 0. The number of methoxy groups -OCH3 is 1. The lowest BCUT2D eigenvalue weighted by molar-refractivity contribution is -0.158. The Labute approximate surface area is 736 Å². The average Bonchev–Trinajstić information content (AvgIpc) is 1.49. The number of alkyl halides is 2. The summed E-state index contributed by atoms with van der Waals surface area (Å²) in [7, 11) is 1.72. The Morgan fingerprint density at radius 2 is 0.697 bits per heavy atom. The standard InChI is InChI=1S/C29H40N2O.C26H35ClN2O.C26H40N2O2.C25H36F2N2O/c1-20(18-31-16-15-30-19-31)26-7-8-27-25-6-5-22-17-29(32,13-9-21-3-4-21)14-11-23(22)24(25)10-12-28(26,27)2;1-18(16-29-14-13-28-17-29)23-5-6-24-22-4-3-19-15-26(30,11-12-27)10-8-20(19)21(22)7-9-25(23,24)2;1-18(15-28-13-12-27-17-28)23-6-7-24-22-5-4-19-14-26(29,16-30-3)11-9-20(19)21(22)8-10-25(23,24)2;1-16(14-29-12-11-28-15-29)21-5-6-22-20-4-3-17-13-25(30,23(26)27)10-8-18(17)19(20)7-9-24(21,22)2/h15-16,19,21-27,32H,1,3-8,10-12,14,17-18H2,2H3;13-14,17,19-24,30H,1,3-10,15-16H2,2H3;12-13,17,19-24,29H,1,4-11,14-16H2,2-3H3;11-12,15,17-23,30H,1,3-10,13-14H2,2H3/t22-,23-,24+,25+,26+,27-,28+,29-;19-,20-,21+,22+,23+,24-,25+,26+;19-,20-,21+,22+,23+,24-,25+,26-;17-,18-,19+,20+,21+,22-,24+,25-/m0000/s1. The number of allylic oxidation sites excluding steroid dienone is 4. The molecule has 0 spiro atoms. The second-order valence-corrected chi connectivity index (χ2v) is 46.1. The van der Waals surface area contributed by atoms with Gasteiger partial charge in [-0.05, 0) is 419 Å². The van der Waals surface area contributed by atoms with Crippen LogP contribution in [0.15, 0.2) is 123 Å². The van der Waals surface area contributed by atoms with Crippen molar-refractivity contribution in [2.75, 3.05) is 13.7 Å². The SMILES string of the molecule is C=C(Cn1ccnc1)[C@H]1CC[C@H]2[C@@H]3CC[C@H]4C[C@](O)(C#CC5CC5)CC[C@@H]4[C@H]3CC[C@]12C.C=C(Cn1ccnc1)[C@H]1CC[C@H]2[C@@H]3CC[C@H]4C[C@](O)(C#CCl)CC[C@@H]4[C@H]3CC[C@]12C.C=C(Cn1ccnc1)[C@H]1CC[C@H]2[C@@H]3CC[C@H]4C[C@](O)(C(F)F)CC[C@@H]4[C@H]3CC[C@]12C.C=C(Cn1ccnc1)[C@H]1CC[C@H]2[C@@H]3CC[C@H]4C[C@](O)(COC)CC[C@@H]4[C@H]3CC[C@]12C. The molecule has 16 heteroatoms. The highest BCUT2D eigenvalue weighted by Crippen LogP contribution is 2.71.